The molecule has 20 heavy (non-hydrogen) atoms. The van der Waals surface area contributed by atoms with Gasteiger partial charge in [-0.05, 0) is 34.7 Å². The SMILES string of the molecule is COc1ccc(-c2csc(CN=C(N)N(C)C)c2)cc1. The maximum absolute atomic E-state index is 5.78. The van der Waals surface area contributed by atoms with Crippen LogP contribution in [0.5, 0.6) is 5.75 Å². The smallest absolute Gasteiger partial charge is 0.191 e. The van der Waals surface area contributed by atoms with Crippen LogP contribution in [0.2, 0.25) is 0 Å². The number of thiophene rings is 1. The topological polar surface area (TPSA) is 50.9 Å². The Kier molecular flexibility index (Phi) is 4.63. The molecule has 1 aromatic carbocycles. The van der Waals surface area contributed by atoms with E-state index in [2.05, 4.69) is 28.6 Å². The summed E-state index contributed by atoms with van der Waals surface area (Å²) in [6, 6.07) is 10.2. The molecule has 2 N–H and O–H groups in total. The Morgan fingerprint density at radius 2 is 1.95 bits per heavy atom. The number of benzene rings is 1. The summed E-state index contributed by atoms with van der Waals surface area (Å²) in [7, 11) is 5.44. The van der Waals surface area contributed by atoms with Gasteiger partial charge in [0.15, 0.2) is 5.96 Å². The van der Waals surface area contributed by atoms with Gasteiger partial charge in [0.05, 0.1) is 13.7 Å². The van der Waals surface area contributed by atoms with Crippen LogP contribution < -0.4 is 10.5 Å². The second-order valence-electron chi connectivity index (χ2n) is 4.60. The number of hydrogen-bond acceptors (Lipinski definition) is 3. The summed E-state index contributed by atoms with van der Waals surface area (Å²) in [5.41, 5.74) is 8.16. The van der Waals surface area contributed by atoms with Crippen molar-refractivity contribution in [2.75, 3.05) is 21.2 Å². The van der Waals surface area contributed by atoms with Crippen molar-refractivity contribution in [3.8, 4) is 16.9 Å². The van der Waals surface area contributed by atoms with Crippen LogP contribution in [-0.4, -0.2) is 32.1 Å². The van der Waals surface area contributed by atoms with Crippen LogP contribution in [0, 0.1) is 0 Å². The predicted molar refractivity (Wildman–Crippen MR) is 85.3 cm³/mol. The Morgan fingerprint density at radius 1 is 1.25 bits per heavy atom. The first-order valence-electron chi connectivity index (χ1n) is 6.29. The largest absolute Gasteiger partial charge is 0.497 e. The molecule has 5 heteroatoms. The molecule has 1 heterocycles. The van der Waals surface area contributed by atoms with Crippen LogP contribution in [-0.2, 0) is 6.54 Å². The number of ether oxygens (including phenoxy) is 1. The number of aliphatic imine (C=N–C) groups is 1. The third-order valence-electron chi connectivity index (χ3n) is 2.93. The molecule has 0 saturated heterocycles. The molecule has 4 nitrogen and oxygen atoms in total. The van der Waals surface area contributed by atoms with Crippen molar-refractivity contribution in [2.45, 2.75) is 6.54 Å². The number of nitrogens with zero attached hydrogens (tertiary/aromatic N) is 2. The summed E-state index contributed by atoms with van der Waals surface area (Å²) in [6.45, 7) is 0.616. The van der Waals surface area contributed by atoms with E-state index in [1.807, 2.05) is 26.2 Å². The maximum atomic E-state index is 5.78. The van der Waals surface area contributed by atoms with E-state index in [-0.39, 0.29) is 0 Å². The summed E-state index contributed by atoms with van der Waals surface area (Å²) in [6.07, 6.45) is 0. The van der Waals surface area contributed by atoms with E-state index in [0.717, 1.165) is 5.75 Å². The molecule has 0 aliphatic carbocycles. The minimum atomic E-state index is 0.546. The van der Waals surface area contributed by atoms with Gasteiger partial charge in [0.2, 0.25) is 0 Å². The van der Waals surface area contributed by atoms with Crippen LogP contribution >= 0.6 is 11.3 Å². The standard InChI is InChI=1S/C15H19N3OS/c1-18(2)15(16)17-9-14-8-12(10-20-14)11-4-6-13(19-3)7-5-11/h4-8,10H,9H2,1-3H3,(H2,16,17). The van der Waals surface area contributed by atoms with Gasteiger partial charge >= 0.3 is 0 Å². The van der Waals surface area contributed by atoms with Crippen LogP contribution in [0.25, 0.3) is 11.1 Å². The Bertz CT molecular complexity index is 587. The van der Waals surface area contributed by atoms with Crippen LogP contribution in [0.4, 0.5) is 0 Å². The number of guanidine groups is 1. The molecule has 0 saturated carbocycles. The van der Waals surface area contributed by atoms with Gasteiger partial charge in [-0.15, -0.1) is 11.3 Å². The molecule has 0 spiro atoms. The third-order valence-corrected chi connectivity index (χ3v) is 3.85. The van der Waals surface area contributed by atoms with Gasteiger partial charge in [-0.25, -0.2) is 4.99 Å². The van der Waals surface area contributed by atoms with Crippen molar-refractivity contribution < 1.29 is 4.74 Å². The van der Waals surface area contributed by atoms with Crippen LogP contribution in [0.1, 0.15) is 4.88 Å². The highest BCUT2D eigenvalue weighted by atomic mass is 32.1. The van der Waals surface area contributed by atoms with E-state index in [4.69, 9.17) is 10.5 Å². The van der Waals surface area contributed by atoms with E-state index in [1.165, 1.54) is 16.0 Å². The molecule has 1 aromatic heterocycles. The monoisotopic (exact) mass is 289 g/mol. The lowest BCUT2D eigenvalue weighted by atomic mass is 10.1. The molecule has 0 radical (unpaired) electrons. The van der Waals surface area contributed by atoms with Gasteiger partial charge in [0, 0.05) is 19.0 Å². The van der Waals surface area contributed by atoms with Gasteiger partial charge in [0.1, 0.15) is 5.75 Å². The van der Waals surface area contributed by atoms with Crippen LogP contribution in [0.3, 0.4) is 0 Å². The normalized spacial score (nSPS) is 11.4. The van der Waals surface area contributed by atoms with Gasteiger partial charge < -0.3 is 15.4 Å². The third kappa shape index (κ3) is 3.51. The average Bonchev–Trinajstić information content (AvgIpc) is 2.93. The molecule has 0 atom stereocenters. The summed E-state index contributed by atoms with van der Waals surface area (Å²) >= 11 is 1.70. The fraction of sp³-hybridized carbons (Fsp3) is 0.267. The highest BCUT2D eigenvalue weighted by Gasteiger charge is 2.03. The van der Waals surface area contributed by atoms with E-state index < -0.39 is 0 Å². The van der Waals surface area contributed by atoms with Crippen LogP contribution in [0.15, 0.2) is 40.7 Å². The fourth-order valence-corrected chi connectivity index (χ4v) is 2.52. The van der Waals surface area contributed by atoms with E-state index in [9.17, 15) is 0 Å². The number of hydrogen-bond donors (Lipinski definition) is 1. The second kappa shape index (κ2) is 6.43. The lowest BCUT2D eigenvalue weighted by Gasteiger charge is -2.09. The quantitative estimate of drug-likeness (QED) is 0.695. The van der Waals surface area contributed by atoms with Crippen molar-refractivity contribution >= 4 is 17.3 Å². The highest BCUT2D eigenvalue weighted by Crippen LogP contribution is 2.27. The highest BCUT2D eigenvalue weighted by molar-refractivity contribution is 7.10. The van der Waals surface area contributed by atoms with E-state index in [0.29, 0.717) is 12.5 Å². The lowest BCUT2D eigenvalue weighted by molar-refractivity contribution is 0.415. The van der Waals surface area contributed by atoms with Gasteiger partial charge in [-0.1, -0.05) is 12.1 Å². The summed E-state index contributed by atoms with van der Waals surface area (Å²) in [5, 5.41) is 2.14. The van der Waals surface area contributed by atoms with Crippen molar-refractivity contribution in [1.29, 1.82) is 0 Å². The first-order chi connectivity index (χ1) is 9.60. The van der Waals surface area contributed by atoms with E-state index in [1.54, 1.807) is 23.3 Å². The van der Waals surface area contributed by atoms with Crippen molar-refractivity contribution in [1.82, 2.24) is 4.90 Å². The van der Waals surface area contributed by atoms with E-state index >= 15 is 0 Å². The van der Waals surface area contributed by atoms with Crippen molar-refractivity contribution in [2.24, 2.45) is 10.7 Å². The first-order valence-corrected chi connectivity index (χ1v) is 7.17. The molecule has 2 rings (SSSR count). The minimum absolute atomic E-state index is 0.546. The first kappa shape index (κ1) is 14.4. The van der Waals surface area contributed by atoms with Gasteiger partial charge in [-0.3, -0.25) is 0 Å². The fourth-order valence-electron chi connectivity index (χ4n) is 1.70. The number of methoxy groups -OCH3 is 1. The molecule has 0 aliphatic rings. The molecule has 106 valence electrons. The predicted octanol–water partition coefficient (Wildman–Crippen LogP) is 2.80. The molecule has 0 bridgehead atoms. The Morgan fingerprint density at radius 3 is 2.55 bits per heavy atom. The lowest BCUT2D eigenvalue weighted by Crippen LogP contribution is -2.30. The zero-order valence-corrected chi connectivity index (χ0v) is 12.8. The van der Waals surface area contributed by atoms with Crippen molar-refractivity contribution in [3.05, 3.63) is 40.6 Å². The molecule has 0 aliphatic heterocycles. The Labute approximate surface area is 123 Å². The summed E-state index contributed by atoms with van der Waals surface area (Å²) in [5.74, 6) is 1.41. The zero-order valence-electron chi connectivity index (χ0n) is 12.0. The zero-order chi connectivity index (χ0) is 14.5. The Balaban J connectivity index is 2.10. The van der Waals surface area contributed by atoms with Gasteiger partial charge in [0.25, 0.3) is 0 Å². The molecular weight excluding hydrogens is 270 g/mol. The summed E-state index contributed by atoms with van der Waals surface area (Å²) in [4.78, 5) is 7.34. The number of rotatable bonds is 4. The molecule has 0 amide bonds. The molecule has 0 unspecified atom stereocenters. The molecular formula is C15H19N3OS. The second-order valence-corrected chi connectivity index (χ2v) is 5.59. The molecule has 2 aromatic rings. The summed E-state index contributed by atoms with van der Waals surface area (Å²) < 4.78 is 5.16. The molecule has 0 fully saturated rings. The van der Waals surface area contributed by atoms with Crippen molar-refractivity contribution in [3.63, 3.8) is 0 Å². The minimum Gasteiger partial charge on any atom is -0.497 e. The average molecular weight is 289 g/mol. The maximum Gasteiger partial charge on any atom is 0.191 e. The van der Waals surface area contributed by atoms with Gasteiger partial charge in [-0.2, -0.15) is 0 Å². The number of nitrogens with two attached hydrogens (primary N) is 1. The Hall–Kier alpha value is -2.01.